The minimum atomic E-state index is -3.10. The van der Waals surface area contributed by atoms with E-state index in [4.69, 9.17) is 0 Å². The van der Waals surface area contributed by atoms with Gasteiger partial charge in [0, 0.05) is 22.9 Å². The zero-order chi connectivity index (χ0) is 14.7. The predicted molar refractivity (Wildman–Crippen MR) is 82.6 cm³/mol. The Balaban J connectivity index is 2.69. The van der Waals surface area contributed by atoms with Crippen LogP contribution in [0.2, 0.25) is 0 Å². The molecule has 1 atom stereocenters. The summed E-state index contributed by atoms with van der Waals surface area (Å²) in [6.07, 6.45) is 1.23. The fourth-order valence-corrected chi connectivity index (χ4v) is 3.71. The Kier molecular flexibility index (Phi) is 5.47. The molecule has 0 aliphatic carbocycles. The van der Waals surface area contributed by atoms with E-state index >= 15 is 0 Å². The van der Waals surface area contributed by atoms with Crippen LogP contribution >= 0.6 is 11.8 Å². The number of sulfone groups is 1. The molecule has 0 amide bonds. The molecule has 1 unspecified atom stereocenters. The summed E-state index contributed by atoms with van der Waals surface area (Å²) < 4.78 is 22.7. The summed E-state index contributed by atoms with van der Waals surface area (Å²) in [4.78, 5) is 1.47. The second-order valence-electron chi connectivity index (χ2n) is 5.76. The van der Waals surface area contributed by atoms with Crippen molar-refractivity contribution in [1.29, 1.82) is 0 Å². The van der Waals surface area contributed by atoms with Crippen molar-refractivity contribution in [2.75, 3.05) is 19.1 Å². The maximum atomic E-state index is 11.4. The Morgan fingerprint density at radius 1 is 1.21 bits per heavy atom. The van der Waals surface area contributed by atoms with Crippen LogP contribution in [0.25, 0.3) is 0 Å². The standard InChI is InChI=1S/C14H23NO2S2/c1-14(2,3)13(15-4)10-18-11-6-8-12(9-7-11)19(5,16)17/h6-9,13,15H,10H2,1-5H3. The average molecular weight is 301 g/mol. The van der Waals surface area contributed by atoms with Crippen molar-refractivity contribution >= 4 is 21.6 Å². The first kappa shape index (κ1) is 16.5. The topological polar surface area (TPSA) is 46.2 Å². The van der Waals surface area contributed by atoms with Gasteiger partial charge in [-0.1, -0.05) is 20.8 Å². The largest absolute Gasteiger partial charge is 0.316 e. The molecule has 0 aromatic heterocycles. The van der Waals surface area contributed by atoms with E-state index in [9.17, 15) is 8.42 Å². The van der Waals surface area contributed by atoms with E-state index in [0.717, 1.165) is 10.6 Å². The van der Waals surface area contributed by atoms with Crippen molar-refractivity contribution in [2.24, 2.45) is 5.41 Å². The Bertz CT molecular complexity index is 501. The van der Waals surface area contributed by atoms with Crippen LogP contribution in [-0.4, -0.2) is 33.5 Å². The van der Waals surface area contributed by atoms with Gasteiger partial charge in [-0.15, -0.1) is 11.8 Å². The minimum absolute atomic E-state index is 0.203. The molecule has 0 fully saturated rings. The lowest BCUT2D eigenvalue weighted by Crippen LogP contribution is -2.40. The highest BCUT2D eigenvalue weighted by Crippen LogP contribution is 2.27. The van der Waals surface area contributed by atoms with E-state index < -0.39 is 9.84 Å². The number of nitrogens with one attached hydrogen (secondary N) is 1. The second kappa shape index (κ2) is 6.29. The molecule has 0 radical (unpaired) electrons. The van der Waals surface area contributed by atoms with Crippen LogP contribution in [0.15, 0.2) is 34.1 Å². The van der Waals surface area contributed by atoms with Gasteiger partial charge in [0.15, 0.2) is 9.84 Å². The Morgan fingerprint density at radius 3 is 2.11 bits per heavy atom. The van der Waals surface area contributed by atoms with Gasteiger partial charge in [-0.05, 0) is 36.7 Å². The summed E-state index contributed by atoms with van der Waals surface area (Å²) in [6, 6.07) is 7.49. The molecular formula is C14H23NO2S2. The summed E-state index contributed by atoms with van der Waals surface area (Å²) in [5.74, 6) is 0.957. The van der Waals surface area contributed by atoms with Gasteiger partial charge in [-0.25, -0.2) is 8.42 Å². The van der Waals surface area contributed by atoms with E-state index in [1.165, 1.54) is 6.26 Å². The molecule has 0 bridgehead atoms. The first-order valence-corrected chi connectivity index (χ1v) is 9.12. The van der Waals surface area contributed by atoms with Crippen LogP contribution < -0.4 is 5.32 Å². The Labute approximate surface area is 121 Å². The Morgan fingerprint density at radius 2 is 1.74 bits per heavy atom. The lowest BCUT2D eigenvalue weighted by molar-refractivity contribution is 0.305. The van der Waals surface area contributed by atoms with E-state index in [0.29, 0.717) is 10.9 Å². The van der Waals surface area contributed by atoms with Gasteiger partial charge in [0.25, 0.3) is 0 Å². The number of hydrogen-bond acceptors (Lipinski definition) is 4. The molecule has 0 saturated carbocycles. The third kappa shape index (κ3) is 5.16. The highest BCUT2D eigenvalue weighted by Gasteiger charge is 2.22. The van der Waals surface area contributed by atoms with Crippen LogP contribution in [0.1, 0.15) is 20.8 Å². The van der Waals surface area contributed by atoms with Gasteiger partial charge in [0.2, 0.25) is 0 Å². The molecule has 0 aliphatic heterocycles. The van der Waals surface area contributed by atoms with E-state index in [2.05, 4.69) is 26.1 Å². The molecule has 0 heterocycles. The lowest BCUT2D eigenvalue weighted by atomic mass is 9.88. The van der Waals surface area contributed by atoms with Crippen LogP contribution in [0.5, 0.6) is 0 Å². The van der Waals surface area contributed by atoms with E-state index in [-0.39, 0.29) is 5.41 Å². The quantitative estimate of drug-likeness (QED) is 0.850. The smallest absolute Gasteiger partial charge is 0.175 e. The zero-order valence-electron chi connectivity index (χ0n) is 12.2. The molecule has 0 aliphatic rings. The fraction of sp³-hybridized carbons (Fsp3) is 0.571. The summed E-state index contributed by atoms with van der Waals surface area (Å²) in [5.41, 5.74) is 0.203. The predicted octanol–water partition coefficient (Wildman–Crippen LogP) is 2.82. The third-order valence-corrected chi connectivity index (χ3v) is 5.30. The molecule has 5 heteroatoms. The molecular weight excluding hydrogens is 278 g/mol. The monoisotopic (exact) mass is 301 g/mol. The fourth-order valence-electron chi connectivity index (χ4n) is 1.73. The first-order chi connectivity index (χ1) is 8.64. The van der Waals surface area contributed by atoms with Gasteiger partial charge in [-0.2, -0.15) is 0 Å². The molecule has 108 valence electrons. The Hall–Kier alpha value is -0.520. The normalized spacial score (nSPS) is 14.4. The van der Waals surface area contributed by atoms with Crippen LogP contribution in [-0.2, 0) is 9.84 Å². The summed E-state index contributed by atoms with van der Waals surface area (Å²) in [5, 5.41) is 3.33. The molecule has 3 nitrogen and oxygen atoms in total. The highest BCUT2D eigenvalue weighted by molar-refractivity contribution is 7.99. The summed E-state index contributed by atoms with van der Waals surface area (Å²) in [7, 11) is -1.12. The molecule has 0 spiro atoms. The van der Waals surface area contributed by atoms with Gasteiger partial charge in [0.1, 0.15) is 0 Å². The molecule has 0 saturated heterocycles. The SMILES string of the molecule is CNC(CSc1ccc(S(C)(=O)=O)cc1)C(C)(C)C. The molecule has 1 rings (SSSR count). The van der Waals surface area contributed by atoms with Crippen molar-refractivity contribution in [3.8, 4) is 0 Å². The van der Waals surface area contributed by atoms with E-state index in [1.807, 2.05) is 19.2 Å². The van der Waals surface area contributed by atoms with Crippen molar-refractivity contribution in [3.63, 3.8) is 0 Å². The van der Waals surface area contributed by atoms with Crippen molar-refractivity contribution in [3.05, 3.63) is 24.3 Å². The molecule has 1 aromatic carbocycles. The van der Waals surface area contributed by atoms with Crippen LogP contribution in [0, 0.1) is 5.41 Å². The number of benzene rings is 1. The van der Waals surface area contributed by atoms with Crippen LogP contribution in [0.4, 0.5) is 0 Å². The number of rotatable bonds is 5. The second-order valence-corrected chi connectivity index (χ2v) is 8.87. The maximum absolute atomic E-state index is 11.4. The molecule has 1 N–H and O–H groups in total. The summed E-state index contributed by atoms with van der Waals surface area (Å²) in [6.45, 7) is 6.63. The number of thioether (sulfide) groups is 1. The lowest BCUT2D eigenvalue weighted by Gasteiger charge is -2.30. The average Bonchev–Trinajstić information content (AvgIpc) is 2.27. The van der Waals surface area contributed by atoms with Crippen molar-refractivity contribution < 1.29 is 8.42 Å². The highest BCUT2D eigenvalue weighted by atomic mass is 32.2. The van der Waals surface area contributed by atoms with Crippen LogP contribution in [0.3, 0.4) is 0 Å². The first-order valence-electron chi connectivity index (χ1n) is 6.25. The maximum Gasteiger partial charge on any atom is 0.175 e. The van der Waals surface area contributed by atoms with Gasteiger partial charge in [-0.3, -0.25) is 0 Å². The molecule has 1 aromatic rings. The zero-order valence-corrected chi connectivity index (χ0v) is 13.9. The van der Waals surface area contributed by atoms with E-state index in [1.54, 1.807) is 23.9 Å². The minimum Gasteiger partial charge on any atom is -0.316 e. The third-order valence-electron chi connectivity index (χ3n) is 3.06. The van der Waals surface area contributed by atoms with Gasteiger partial charge >= 0.3 is 0 Å². The van der Waals surface area contributed by atoms with Crippen molar-refractivity contribution in [2.45, 2.75) is 36.6 Å². The van der Waals surface area contributed by atoms with Gasteiger partial charge < -0.3 is 5.32 Å². The van der Waals surface area contributed by atoms with Crippen molar-refractivity contribution in [1.82, 2.24) is 5.32 Å². The molecule has 19 heavy (non-hydrogen) atoms. The van der Waals surface area contributed by atoms with Gasteiger partial charge in [0.05, 0.1) is 4.90 Å². The number of hydrogen-bond donors (Lipinski definition) is 1. The summed E-state index contributed by atoms with van der Waals surface area (Å²) >= 11 is 1.74.